The van der Waals surface area contributed by atoms with Gasteiger partial charge >= 0.3 is 6.09 Å². The lowest BCUT2D eigenvalue weighted by Crippen LogP contribution is -2.57. The lowest BCUT2D eigenvalue weighted by Gasteiger charge is -2.30. The van der Waals surface area contributed by atoms with Gasteiger partial charge in [-0.2, -0.15) is 0 Å². The van der Waals surface area contributed by atoms with Crippen LogP contribution in [0.25, 0.3) is 0 Å². The molecule has 0 aliphatic carbocycles. The third kappa shape index (κ3) is 11.0. The molecule has 2 rings (SSSR count). The summed E-state index contributed by atoms with van der Waals surface area (Å²) in [6.07, 6.45) is -0.538. The Balaban J connectivity index is 0.00000760. The molecule has 218 valence electrons. The molecule has 0 aliphatic rings. The van der Waals surface area contributed by atoms with Gasteiger partial charge in [-0.3, -0.25) is 10.6 Å². The number of amides is 2. The molecule has 4 atom stereocenters. The maximum atomic E-state index is 13.3. The van der Waals surface area contributed by atoms with Crippen LogP contribution in [0.1, 0.15) is 45.2 Å². The Bertz CT molecular complexity index is 975. The molecule has 0 aliphatic heterocycles. The molecule has 3 unspecified atom stereocenters. The number of ether oxygens (including phenoxy) is 1. The first-order chi connectivity index (χ1) is 18.2. The summed E-state index contributed by atoms with van der Waals surface area (Å²) in [5.74, 6) is 5.80. The van der Waals surface area contributed by atoms with Gasteiger partial charge in [0.15, 0.2) is 0 Å². The molecule has 39 heavy (non-hydrogen) atoms. The highest BCUT2D eigenvalue weighted by molar-refractivity contribution is 5.86. The van der Waals surface area contributed by atoms with Gasteiger partial charge in [0.2, 0.25) is 5.91 Å². The Morgan fingerprint density at radius 3 is 2.13 bits per heavy atom. The third-order valence-corrected chi connectivity index (χ3v) is 6.92. The Morgan fingerprint density at radius 1 is 0.974 bits per heavy atom. The molecule has 5 N–H and O–H groups in total. The molecule has 0 bridgehead atoms. The highest BCUT2D eigenvalue weighted by Gasteiger charge is 2.30. The van der Waals surface area contributed by atoms with Crippen LogP contribution in [0.2, 0.25) is 0 Å². The summed E-state index contributed by atoms with van der Waals surface area (Å²) in [4.78, 5) is 27.4. The van der Waals surface area contributed by atoms with Crippen LogP contribution in [0, 0.1) is 5.92 Å². The number of carbonyl (C=O) groups is 2. The van der Waals surface area contributed by atoms with E-state index in [9.17, 15) is 14.7 Å². The number of aliphatic hydroxyl groups is 1. The van der Waals surface area contributed by atoms with Crippen molar-refractivity contribution in [3.8, 4) is 0 Å². The number of methoxy groups -OCH3 is 1. The predicted octanol–water partition coefficient (Wildman–Crippen LogP) is 3.49. The van der Waals surface area contributed by atoms with Gasteiger partial charge in [0.1, 0.15) is 6.04 Å². The number of halogens is 1. The first-order valence-electron chi connectivity index (χ1n) is 13.4. The van der Waals surface area contributed by atoms with Crippen molar-refractivity contribution in [2.45, 2.75) is 65.3 Å². The topological polar surface area (TPSA) is 120 Å². The maximum absolute atomic E-state index is 13.3. The van der Waals surface area contributed by atoms with Crippen LogP contribution < -0.4 is 21.4 Å². The fourth-order valence-corrected chi connectivity index (χ4v) is 4.38. The fourth-order valence-electron chi connectivity index (χ4n) is 4.38. The summed E-state index contributed by atoms with van der Waals surface area (Å²) in [7, 11) is 1.26. The van der Waals surface area contributed by atoms with E-state index in [-0.39, 0.29) is 30.8 Å². The van der Waals surface area contributed by atoms with Crippen molar-refractivity contribution < 1.29 is 19.4 Å². The number of nitrogens with zero attached hydrogens (tertiary/aromatic N) is 2. The zero-order chi connectivity index (χ0) is 28.1. The van der Waals surface area contributed by atoms with Gasteiger partial charge < -0.3 is 25.4 Å². The second kappa shape index (κ2) is 17.7. The summed E-state index contributed by atoms with van der Waals surface area (Å²) < 4.78 is 4.71. The molecular formula is C29H46ClN5O4. The minimum atomic E-state index is -0.949. The number of rotatable bonds is 15. The summed E-state index contributed by atoms with van der Waals surface area (Å²) >= 11 is 0. The van der Waals surface area contributed by atoms with Crippen molar-refractivity contribution in [3.05, 3.63) is 65.7 Å². The first kappa shape index (κ1) is 34.2. The van der Waals surface area contributed by atoms with Gasteiger partial charge in [0.05, 0.1) is 19.3 Å². The van der Waals surface area contributed by atoms with Crippen LogP contribution in [-0.2, 0) is 22.5 Å². The zero-order valence-corrected chi connectivity index (χ0v) is 24.6. The highest BCUT2D eigenvalue weighted by atomic mass is 35.5. The molecule has 0 saturated heterocycles. The molecule has 0 aromatic heterocycles. The van der Waals surface area contributed by atoms with E-state index in [1.165, 1.54) is 7.11 Å². The van der Waals surface area contributed by atoms with Crippen LogP contribution in [0.4, 0.5) is 10.5 Å². The van der Waals surface area contributed by atoms with Crippen molar-refractivity contribution >= 4 is 30.1 Å². The van der Waals surface area contributed by atoms with Crippen molar-refractivity contribution in [3.63, 3.8) is 0 Å². The molecule has 0 spiro atoms. The van der Waals surface area contributed by atoms with E-state index < -0.39 is 24.3 Å². The number of aliphatic hydroxyl groups excluding tert-OH is 1. The summed E-state index contributed by atoms with van der Waals surface area (Å²) in [6, 6.07) is 16.5. The Labute approximate surface area is 239 Å². The van der Waals surface area contributed by atoms with Crippen LogP contribution in [0.15, 0.2) is 54.6 Å². The minimum Gasteiger partial charge on any atom is -0.453 e. The number of nitrogens with two attached hydrogens (primary N) is 1. The second-order valence-electron chi connectivity index (χ2n) is 9.64. The lowest BCUT2D eigenvalue weighted by molar-refractivity contribution is -0.126. The van der Waals surface area contributed by atoms with E-state index in [0.29, 0.717) is 19.4 Å². The average Bonchev–Trinajstić information content (AvgIpc) is 2.92. The van der Waals surface area contributed by atoms with Crippen molar-refractivity contribution in [2.75, 3.05) is 31.6 Å². The smallest absolute Gasteiger partial charge is 0.407 e. The van der Waals surface area contributed by atoms with Crippen LogP contribution in [-0.4, -0.2) is 67.0 Å². The SMILES string of the molecule is CCC(C)[C@H](NC(=O)OC)C(=O)NC(Cc1ccccc1)C(O)CN(N)Cc1ccc(N(CC)CC)cc1.Cl. The second-order valence-corrected chi connectivity index (χ2v) is 9.64. The summed E-state index contributed by atoms with van der Waals surface area (Å²) in [6.45, 7) is 10.6. The van der Waals surface area contributed by atoms with Gasteiger partial charge in [0, 0.05) is 31.9 Å². The largest absolute Gasteiger partial charge is 0.453 e. The maximum Gasteiger partial charge on any atom is 0.407 e. The van der Waals surface area contributed by atoms with Gasteiger partial charge in [-0.25, -0.2) is 9.80 Å². The van der Waals surface area contributed by atoms with E-state index >= 15 is 0 Å². The Kier molecular flexibility index (Phi) is 15.5. The summed E-state index contributed by atoms with van der Waals surface area (Å²) in [5.41, 5.74) is 3.15. The van der Waals surface area contributed by atoms with Gasteiger partial charge in [-0.1, -0.05) is 62.7 Å². The van der Waals surface area contributed by atoms with E-state index in [1.54, 1.807) is 5.01 Å². The number of hydrazine groups is 1. The number of benzene rings is 2. The van der Waals surface area contributed by atoms with E-state index in [2.05, 4.69) is 41.5 Å². The molecule has 0 heterocycles. The Morgan fingerprint density at radius 2 is 1.59 bits per heavy atom. The van der Waals surface area contributed by atoms with E-state index in [1.807, 2.05) is 56.3 Å². The van der Waals surface area contributed by atoms with Crippen molar-refractivity contribution in [1.29, 1.82) is 0 Å². The van der Waals surface area contributed by atoms with Crippen LogP contribution >= 0.6 is 12.4 Å². The normalized spacial score (nSPS) is 13.9. The molecule has 0 saturated carbocycles. The fraction of sp³-hybridized carbons (Fsp3) is 0.517. The van der Waals surface area contributed by atoms with Crippen molar-refractivity contribution in [1.82, 2.24) is 15.6 Å². The molecule has 2 aromatic carbocycles. The molecule has 2 amide bonds. The number of hydrogen-bond donors (Lipinski definition) is 4. The number of anilines is 1. The zero-order valence-electron chi connectivity index (χ0n) is 23.8. The standard InChI is InChI=1S/C29H45N5O4.ClH/c1-6-21(4)27(32-29(37)38-5)28(36)31-25(18-22-12-10-9-11-13-22)26(35)20-34(30)19-23-14-16-24(17-15-23)33(7-2)8-3;/h9-17,21,25-27,35H,6-8,18-20,30H2,1-5H3,(H,31,36)(H,32,37);1H/t21?,25?,26?,27-;/m0./s1. The number of carbonyl (C=O) groups excluding carboxylic acids is 2. The van der Waals surface area contributed by atoms with Crippen molar-refractivity contribution in [2.24, 2.45) is 11.8 Å². The Hall–Kier alpha value is -2.85. The highest BCUT2D eigenvalue weighted by Crippen LogP contribution is 2.16. The number of hydrogen-bond acceptors (Lipinski definition) is 7. The van der Waals surface area contributed by atoms with Gasteiger partial charge in [-0.05, 0) is 49.4 Å². The van der Waals surface area contributed by atoms with Crippen LogP contribution in [0.3, 0.4) is 0 Å². The number of nitrogens with one attached hydrogen (secondary N) is 2. The predicted molar refractivity (Wildman–Crippen MR) is 159 cm³/mol. The minimum absolute atomic E-state index is 0. The molecule has 2 aromatic rings. The number of alkyl carbamates (subject to hydrolysis) is 1. The van der Waals surface area contributed by atoms with E-state index in [4.69, 9.17) is 10.6 Å². The van der Waals surface area contributed by atoms with Crippen LogP contribution in [0.5, 0.6) is 0 Å². The third-order valence-electron chi connectivity index (χ3n) is 6.92. The molecule has 9 nitrogen and oxygen atoms in total. The lowest BCUT2D eigenvalue weighted by atomic mass is 9.96. The molecular weight excluding hydrogens is 518 g/mol. The first-order valence-corrected chi connectivity index (χ1v) is 13.4. The molecule has 0 radical (unpaired) electrons. The average molecular weight is 564 g/mol. The van der Waals surface area contributed by atoms with Gasteiger partial charge in [-0.15, -0.1) is 12.4 Å². The summed E-state index contributed by atoms with van der Waals surface area (Å²) in [5, 5.41) is 18.3. The monoisotopic (exact) mass is 563 g/mol. The van der Waals surface area contributed by atoms with E-state index in [0.717, 1.165) is 29.9 Å². The molecule has 10 heteroatoms. The quantitative estimate of drug-likeness (QED) is 0.193. The molecule has 0 fully saturated rings. The van der Waals surface area contributed by atoms with Gasteiger partial charge in [0.25, 0.3) is 0 Å².